The molecule has 112 valence electrons. The molecule has 0 spiro atoms. The van der Waals surface area contributed by atoms with Crippen molar-refractivity contribution in [1.29, 1.82) is 0 Å². The molecular formula is C17H22N2O2. The summed E-state index contributed by atoms with van der Waals surface area (Å²) in [4.78, 5) is 2.44. The van der Waals surface area contributed by atoms with E-state index in [1.165, 1.54) is 5.56 Å². The largest absolute Gasteiger partial charge is 0.462 e. The number of rotatable bonds is 6. The van der Waals surface area contributed by atoms with E-state index in [0.29, 0.717) is 19.3 Å². The van der Waals surface area contributed by atoms with E-state index in [0.717, 1.165) is 37.6 Å². The number of hydrogen-bond acceptors (Lipinski definition) is 4. The van der Waals surface area contributed by atoms with E-state index >= 15 is 0 Å². The van der Waals surface area contributed by atoms with Crippen molar-refractivity contribution in [2.45, 2.75) is 32.2 Å². The lowest BCUT2D eigenvalue weighted by atomic mass is 10.2. The first-order valence-electron chi connectivity index (χ1n) is 7.49. The molecule has 1 atom stereocenters. The topological polar surface area (TPSA) is 51.6 Å². The second kappa shape index (κ2) is 6.89. The Labute approximate surface area is 125 Å². The van der Waals surface area contributed by atoms with E-state index in [9.17, 15) is 0 Å². The van der Waals surface area contributed by atoms with Crippen molar-refractivity contribution < 1.29 is 9.15 Å². The third kappa shape index (κ3) is 3.94. The van der Waals surface area contributed by atoms with E-state index in [4.69, 9.17) is 14.9 Å². The van der Waals surface area contributed by atoms with Crippen LogP contribution in [0.15, 0.2) is 46.9 Å². The van der Waals surface area contributed by atoms with Crippen LogP contribution in [0.1, 0.15) is 23.5 Å². The Morgan fingerprint density at radius 1 is 1.14 bits per heavy atom. The van der Waals surface area contributed by atoms with Crippen molar-refractivity contribution in [3.8, 4) is 0 Å². The van der Waals surface area contributed by atoms with Crippen molar-refractivity contribution >= 4 is 0 Å². The van der Waals surface area contributed by atoms with Gasteiger partial charge in [0.2, 0.25) is 0 Å². The molecule has 1 saturated heterocycles. The molecular weight excluding hydrogens is 264 g/mol. The van der Waals surface area contributed by atoms with Gasteiger partial charge in [0.1, 0.15) is 18.1 Å². The van der Waals surface area contributed by atoms with Gasteiger partial charge in [0.25, 0.3) is 0 Å². The van der Waals surface area contributed by atoms with Gasteiger partial charge >= 0.3 is 0 Å². The van der Waals surface area contributed by atoms with Crippen LogP contribution in [0.25, 0.3) is 0 Å². The Hall–Kier alpha value is -1.62. The van der Waals surface area contributed by atoms with Crippen LogP contribution in [0.2, 0.25) is 0 Å². The maximum Gasteiger partial charge on any atom is 0.129 e. The van der Waals surface area contributed by atoms with Gasteiger partial charge in [-0.1, -0.05) is 30.3 Å². The fourth-order valence-electron chi connectivity index (χ4n) is 2.73. The Morgan fingerprint density at radius 2 is 1.95 bits per heavy atom. The minimum absolute atomic E-state index is 0.292. The highest BCUT2D eigenvalue weighted by Crippen LogP contribution is 2.18. The fraction of sp³-hybridized carbons (Fsp3) is 0.412. The van der Waals surface area contributed by atoms with Gasteiger partial charge < -0.3 is 14.9 Å². The standard InChI is InChI=1S/C17H22N2O2/c18-10-15-6-7-17(21-15)13-20-16-8-9-19(12-16)11-14-4-2-1-3-5-14/h1-7,16H,8-13,18H2. The maximum absolute atomic E-state index is 5.94. The van der Waals surface area contributed by atoms with Crippen molar-refractivity contribution in [3.05, 3.63) is 59.5 Å². The third-order valence-corrected chi connectivity index (χ3v) is 3.86. The summed E-state index contributed by atoms with van der Waals surface area (Å²) in [6.07, 6.45) is 1.37. The average molecular weight is 286 g/mol. The maximum atomic E-state index is 5.94. The summed E-state index contributed by atoms with van der Waals surface area (Å²) in [5.41, 5.74) is 6.89. The van der Waals surface area contributed by atoms with Crippen LogP contribution < -0.4 is 5.73 Å². The van der Waals surface area contributed by atoms with E-state index in [2.05, 4.69) is 35.2 Å². The van der Waals surface area contributed by atoms with Crippen LogP contribution in [-0.4, -0.2) is 24.1 Å². The first kappa shape index (κ1) is 14.3. The summed E-state index contributed by atoms with van der Waals surface area (Å²) in [5.74, 6) is 1.67. The number of hydrogen-bond donors (Lipinski definition) is 1. The molecule has 1 aliphatic rings. The number of ether oxygens (including phenoxy) is 1. The molecule has 1 fully saturated rings. The van der Waals surface area contributed by atoms with Gasteiger partial charge in [-0.25, -0.2) is 0 Å². The molecule has 1 aliphatic heterocycles. The normalized spacial score (nSPS) is 19.2. The first-order valence-corrected chi connectivity index (χ1v) is 7.49. The zero-order chi connectivity index (χ0) is 14.5. The summed E-state index contributed by atoms with van der Waals surface area (Å²) in [6, 6.07) is 14.4. The molecule has 1 aromatic heterocycles. The second-order valence-corrected chi connectivity index (χ2v) is 5.51. The molecule has 21 heavy (non-hydrogen) atoms. The molecule has 4 heteroatoms. The Kier molecular flexibility index (Phi) is 4.70. The molecule has 1 aromatic carbocycles. The molecule has 0 radical (unpaired) electrons. The molecule has 1 unspecified atom stereocenters. The highest BCUT2D eigenvalue weighted by molar-refractivity contribution is 5.14. The summed E-state index contributed by atoms with van der Waals surface area (Å²) in [7, 11) is 0. The van der Waals surface area contributed by atoms with Gasteiger partial charge in [-0.3, -0.25) is 4.90 Å². The minimum Gasteiger partial charge on any atom is -0.462 e. The van der Waals surface area contributed by atoms with E-state index in [1.54, 1.807) is 0 Å². The second-order valence-electron chi connectivity index (χ2n) is 5.51. The lowest BCUT2D eigenvalue weighted by Gasteiger charge is -2.16. The summed E-state index contributed by atoms with van der Waals surface area (Å²) in [5, 5.41) is 0. The number of likely N-dealkylation sites (tertiary alicyclic amines) is 1. The van der Waals surface area contributed by atoms with Gasteiger partial charge in [-0.05, 0) is 24.1 Å². The van der Waals surface area contributed by atoms with Crippen LogP contribution in [0.4, 0.5) is 0 Å². The Bertz CT molecular complexity index is 553. The summed E-state index contributed by atoms with van der Waals surface area (Å²) < 4.78 is 11.5. The van der Waals surface area contributed by atoms with Gasteiger partial charge in [-0.2, -0.15) is 0 Å². The lowest BCUT2D eigenvalue weighted by molar-refractivity contribution is 0.0359. The highest BCUT2D eigenvalue weighted by atomic mass is 16.5. The molecule has 2 aromatic rings. The van der Waals surface area contributed by atoms with Gasteiger partial charge in [-0.15, -0.1) is 0 Å². The number of furan rings is 1. The van der Waals surface area contributed by atoms with Crippen molar-refractivity contribution in [3.63, 3.8) is 0 Å². The monoisotopic (exact) mass is 286 g/mol. The predicted molar refractivity (Wildman–Crippen MR) is 81.5 cm³/mol. The molecule has 0 aliphatic carbocycles. The Morgan fingerprint density at radius 3 is 2.71 bits per heavy atom. The number of nitrogens with two attached hydrogens (primary N) is 1. The van der Waals surface area contributed by atoms with Crippen molar-refractivity contribution in [1.82, 2.24) is 4.90 Å². The van der Waals surface area contributed by atoms with Crippen LogP contribution in [0.5, 0.6) is 0 Å². The van der Waals surface area contributed by atoms with Gasteiger partial charge in [0, 0.05) is 19.6 Å². The van der Waals surface area contributed by atoms with Crippen LogP contribution >= 0.6 is 0 Å². The average Bonchev–Trinajstić information content (AvgIpc) is 3.15. The predicted octanol–water partition coefficient (Wildman–Crippen LogP) is 2.53. The van der Waals surface area contributed by atoms with Crippen molar-refractivity contribution in [2.75, 3.05) is 13.1 Å². The number of nitrogens with zero attached hydrogens (tertiary/aromatic N) is 1. The zero-order valence-corrected chi connectivity index (χ0v) is 12.2. The molecule has 2 heterocycles. The molecule has 4 nitrogen and oxygen atoms in total. The Balaban J connectivity index is 1.44. The SMILES string of the molecule is NCc1ccc(COC2CCN(Cc3ccccc3)C2)o1. The summed E-state index contributed by atoms with van der Waals surface area (Å²) in [6.45, 7) is 4.04. The van der Waals surface area contributed by atoms with Crippen LogP contribution in [0.3, 0.4) is 0 Å². The van der Waals surface area contributed by atoms with Crippen LogP contribution in [0, 0.1) is 0 Å². The minimum atomic E-state index is 0.292. The quantitative estimate of drug-likeness (QED) is 0.886. The van der Waals surface area contributed by atoms with E-state index in [1.807, 2.05) is 12.1 Å². The molecule has 0 saturated carbocycles. The third-order valence-electron chi connectivity index (χ3n) is 3.86. The summed E-state index contributed by atoms with van der Waals surface area (Å²) >= 11 is 0. The molecule has 0 bridgehead atoms. The molecule has 2 N–H and O–H groups in total. The zero-order valence-electron chi connectivity index (χ0n) is 12.2. The van der Waals surface area contributed by atoms with Crippen molar-refractivity contribution in [2.24, 2.45) is 5.73 Å². The lowest BCUT2D eigenvalue weighted by Crippen LogP contribution is -2.22. The smallest absolute Gasteiger partial charge is 0.129 e. The molecule has 3 rings (SSSR count). The highest BCUT2D eigenvalue weighted by Gasteiger charge is 2.23. The van der Waals surface area contributed by atoms with Gasteiger partial charge in [0.05, 0.1) is 12.6 Å². The first-order chi connectivity index (χ1) is 10.3. The van der Waals surface area contributed by atoms with Gasteiger partial charge in [0.15, 0.2) is 0 Å². The number of benzene rings is 1. The van der Waals surface area contributed by atoms with Crippen LogP contribution in [-0.2, 0) is 24.4 Å². The van der Waals surface area contributed by atoms with E-state index in [-0.39, 0.29) is 0 Å². The fourth-order valence-corrected chi connectivity index (χ4v) is 2.73. The molecule has 0 amide bonds. The van der Waals surface area contributed by atoms with E-state index < -0.39 is 0 Å².